The summed E-state index contributed by atoms with van der Waals surface area (Å²) < 4.78 is 6.53. The number of aromatic hydroxyl groups is 2. The molecule has 0 radical (unpaired) electrons. The molecule has 3 N–H and O–H groups in total. The molecule has 0 heterocycles. The number of ketones is 3. The maximum absolute atomic E-state index is 13.3. The zero-order chi connectivity index (χ0) is 25.4. The minimum absolute atomic E-state index is 0.0597. The third-order valence-corrected chi connectivity index (χ3v) is 12.2. The molecule has 34 heavy (non-hydrogen) atoms. The summed E-state index contributed by atoms with van der Waals surface area (Å²) in [6.07, 6.45) is -1.38. The van der Waals surface area contributed by atoms with Crippen LogP contribution in [0.2, 0.25) is 18.1 Å². The molecule has 180 valence electrons. The largest absolute Gasteiger partial charge is 0.507 e. The summed E-state index contributed by atoms with van der Waals surface area (Å²) in [6, 6.07) is 6.23. The number of phenolic OH excluding ortho intramolecular Hbond substituents is 2. The summed E-state index contributed by atoms with van der Waals surface area (Å²) in [6.45, 7) is 11.3. The van der Waals surface area contributed by atoms with Gasteiger partial charge >= 0.3 is 0 Å². The summed E-state index contributed by atoms with van der Waals surface area (Å²) in [5.74, 6) is -2.62. The van der Waals surface area contributed by atoms with Crippen LogP contribution in [-0.4, -0.2) is 46.6 Å². The molecule has 0 aromatic heterocycles. The molecule has 0 aliphatic heterocycles. The molecule has 0 bridgehead atoms. The molecule has 0 saturated carbocycles. The highest BCUT2D eigenvalue weighted by Gasteiger charge is 2.50. The number of rotatable bonds is 3. The first-order chi connectivity index (χ1) is 15.6. The van der Waals surface area contributed by atoms with Crippen molar-refractivity contribution in [1.82, 2.24) is 0 Å². The first-order valence-corrected chi connectivity index (χ1v) is 14.2. The Kier molecular flexibility index (Phi) is 5.43. The quantitative estimate of drug-likeness (QED) is 0.378. The van der Waals surface area contributed by atoms with Crippen LogP contribution < -0.4 is 0 Å². The van der Waals surface area contributed by atoms with E-state index in [4.69, 9.17) is 4.43 Å². The zero-order valence-corrected chi connectivity index (χ0v) is 21.3. The molecule has 2 aromatic rings. The molecule has 2 atom stereocenters. The highest BCUT2D eigenvalue weighted by Crippen LogP contribution is 2.53. The van der Waals surface area contributed by atoms with Crippen molar-refractivity contribution in [3.8, 4) is 11.5 Å². The lowest BCUT2D eigenvalue weighted by Gasteiger charge is -2.44. The Morgan fingerprint density at radius 1 is 1.03 bits per heavy atom. The second-order valence-electron chi connectivity index (χ2n) is 10.9. The van der Waals surface area contributed by atoms with Gasteiger partial charge in [0.1, 0.15) is 17.1 Å². The van der Waals surface area contributed by atoms with Crippen LogP contribution in [0.3, 0.4) is 0 Å². The van der Waals surface area contributed by atoms with E-state index in [9.17, 15) is 29.7 Å². The second kappa shape index (κ2) is 7.60. The third-order valence-electron chi connectivity index (χ3n) is 7.67. The fourth-order valence-corrected chi connectivity index (χ4v) is 5.85. The fraction of sp³-hybridized carbons (Fsp3) is 0.423. The first kappa shape index (κ1) is 24.3. The summed E-state index contributed by atoms with van der Waals surface area (Å²) >= 11 is 0. The predicted octanol–water partition coefficient (Wildman–Crippen LogP) is 4.20. The fourth-order valence-electron chi connectivity index (χ4n) is 4.58. The average Bonchev–Trinajstić information content (AvgIpc) is 2.73. The lowest BCUT2D eigenvalue weighted by molar-refractivity contribution is -0.139. The van der Waals surface area contributed by atoms with Crippen LogP contribution in [0.15, 0.2) is 24.3 Å². The van der Waals surface area contributed by atoms with Gasteiger partial charge in [-0.25, -0.2) is 0 Å². The summed E-state index contributed by atoms with van der Waals surface area (Å²) in [5, 5.41) is 33.6. The van der Waals surface area contributed by atoms with E-state index in [2.05, 4.69) is 0 Å². The zero-order valence-electron chi connectivity index (χ0n) is 20.3. The molecule has 0 amide bonds. The van der Waals surface area contributed by atoms with Crippen LogP contribution >= 0.6 is 0 Å². The van der Waals surface area contributed by atoms with Crippen molar-refractivity contribution in [3.05, 3.63) is 57.6 Å². The molecular weight excluding hydrogens is 452 g/mol. The van der Waals surface area contributed by atoms with Crippen LogP contribution in [0.25, 0.3) is 0 Å². The monoisotopic (exact) mass is 482 g/mol. The van der Waals surface area contributed by atoms with Gasteiger partial charge in [0.2, 0.25) is 0 Å². The lowest BCUT2D eigenvalue weighted by Crippen LogP contribution is -2.48. The molecule has 0 saturated heterocycles. The third kappa shape index (κ3) is 3.43. The number of phenols is 2. The van der Waals surface area contributed by atoms with Crippen LogP contribution in [0.5, 0.6) is 11.5 Å². The van der Waals surface area contributed by atoms with Gasteiger partial charge in [0, 0.05) is 35.1 Å². The Balaban J connectivity index is 2.00. The van der Waals surface area contributed by atoms with E-state index in [1.165, 1.54) is 19.1 Å². The Bertz CT molecular complexity index is 1250. The number of fused-ring (bicyclic) bond motifs is 3. The van der Waals surface area contributed by atoms with Gasteiger partial charge in [-0.3, -0.25) is 14.4 Å². The van der Waals surface area contributed by atoms with Crippen molar-refractivity contribution in [3.63, 3.8) is 0 Å². The second-order valence-corrected chi connectivity index (χ2v) is 15.6. The minimum atomic E-state index is -2.49. The Morgan fingerprint density at radius 2 is 1.53 bits per heavy atom. The van der Waals surface area contributed by atoms with Crippen LogP contribution in [0, 0.1) is 0 Å². The number of aliphatic hydroxyl groups is 1. The molecule has 0 unspecified atom stereocenters. The number of carbonyl (C=O) groups excluding carboxylic acids is 3. The van der Waals surface area contributed by atoms with Crippen molar-refractivity contribution in [1.29, 1.82) is 0 Å². The maximum Gasteiger partial charge on any atom is 0.198 e. The van der Waals surface area contributed by atoms with E-state index in [0.717, 1.165) is 0 Å². The van der Waals surface area contributed by atoms with Crippen LogP contribution in [0.1, 0.15) is 83.2 Å². The lowest BCUT2D eigenvalue weighted by atomic mass is 9.72. The van der Waals surface area contributed by atoms with Crippen molar-refractivity contribution in [2.75, 3.05) is 0 Å². The average molecular weight is 483 g/mol. The van der Waals surface area contributed by atoms with Crippen LogP contribution in [-0.2, 0) is 15.6 Å². The van der Waals surface area contributed by atoms with Crippen molar-refractivity contribution in [2.24, 2.45) is 0 Å². The Morgan fingerprint density at radius 3 is 2.00 bits per heavy atom. The van der Waals surface area contributed by atoms with Crippen molar-refractivity contribution < 1.29 is 34.1 Å². The van der Waals surface area contributed by atoms with Gasteiger partial charge < -0.3 is 19.7 Å². The molecule has 2 aliphatic carbocycles. The van der Waals surface area contributed by atoms with Crippen LogP contribution in [0.4, 0.5) is 0 Å². The SMILES string of the molecule is CC(=O)[C@]1(O)Cc2c(O)c3c(c(O)c2[C@@H](O[Si](C)(C)C(C)(C)C)C1)C(=O)c1ccccc1C3=O. The molecule has 7 nitrogen and oxygen atoms in total. The number of Topliss-reactive ketones (excluding diaryl/α,β-unsaturated/α-hetero) is 1. The van der Waals surface area contributed by atoms with Crippen molar-refractivity contribution >= 4 is 25.7 Å². The molecule has 8 heteroatoms. The van der Waals surface area contributed by atoms with Crippen molar-refractivity contribution in [2.45, 2.75) is 70.4 Å². The summed E-state index contributed by atoms with van der Waals surface area (Å²) in [7, 11) is -2.49. The summed E-state index contributed by atoms with van der Waals surface area (Å²) in [5.41, 5.74) is -1.93. The van der Waals surface area contributed by atoms with Gasteiger partial charge in [-0.05, 0) is 25.1 Å². The van der Waals surface area contributed by atoms with Gasteiger partial charge in [0.15, 0.2) is 25.7 Å². The molecule has 2 aliphatic rings. The number of hydrogen-bond donors (Lipinski definition) is 3. The topological polar surface area (TPSA) is 121 Å². The number of carbonyl (C=O) groups is 3. The van der Waals surface area contributed by atoms with E-state index in [0.29, 0.717) is 0 Å². The normalized spacial score (nSPS) is 22.1. The Hall–Kier alpha value is -2.81. The van der Waals surface area contributed by atoms with Gasteiger partial charge in [-0.1, -0.05) is 45.0 Å². The first-order valence-electron chi connectivity index (χ1n) is 11.3. The van der Waals surface area contributed by atoms with Gasteiger partial charge in [-0.2, -0.15) is 0 Å². The molecular formula is C26H30O7Si. The van der Waals surface area contributed by atoms with Gasteiger partial charge in [0.05, 0.1) is 17.2 Å². The molecule has 0 fully saturated rings. The Labute approximate surface area is 199 Å². The molecule has 0 spiro atoms. The summed E-state index contributed by atoms with van der Waals surface area (Å²) in [4.78, 5) is 39.1. The van der Waals surface area contributed by atoms with E-state index in [1.807, 2.05) is 33.9 Å². The van der Waals surface area contributed by atoms with E-state index < -0.39 is 48.9 Å². The smallest absolute Gasteiger partial charge is 0.198 e. The van der Waals surface area contributed by atoms with Gasteiger partial charge in [-0.15, -0.1) is 0 Å². The molecule has 4 rings (SSSR count). The highest BCUT2D eigenvalue weighted by atomic mass is 28.4. The van der Waals surface area contributed by atoms with E-state index in [1.54, 1.807) is 12.1 Å². The van der Waals surface area contributed by atoms with E-state index >= 15 is 0 Å². The highest BCUT2D eigenvalue weighted by molar-refractivity contribution is 6.74. The van der Waals surface area contributed by atoms with E-state index in [-0.39, 0.29) is 51.3 Å². The maximum atomic E-state index is 13.3. The minimum Gasteiger partial charge on any atom is -0.507 e. The number of benzene rings is 2. The standard InChI is InChI=1S/C26H30O7Si/c1-13(27)26(32)11-16-18(17(12-26)33-34(5,6)25(2,3)4)24(31)20-19(23(16)30)21(28)14-9-7-8-10-15(14)22(20)29/h7-10,17,30-32H,11-12H2,1-6H3/t17-,26-/m0/s1. The number of hydrogen-bond acceptors (Lipinski definition) is 7. The predicted molar refractivity (Wildman–Crippen MR) is 128 cm³/mol. The van der Waals surface area contributed by atoms with Gasteiger partial charge in [0.25, 0.3) is 0 Å². The molecule has 2 aromatic carbocycles.